The minimum Gasteiger partial charge on any atom is -0.380 e. The maximum Gasteiger partial charge on any atom is 0.206 e. The third-order valence-electron chi connectivity index (χ3n) is 2.92. The first kappa shape index (κ1) is 13.8. The SMILES string of the molecule is Fc1ccc(CNc2nnc(SC3CCOC3)s2)cc1. The lowest BCUT2D eigenvalue weighted by atomic mass is 10.2. The molecule has 4 nitrogen and oxygen atoms in total. The lowest BCUT2D eigenvalue weighted by molar-refractivity contribution is 0.199. The molecule has 1 N–H and O–H groups in total. The number of hydrogen-bond donors (Lipinski definition) is 1. The highest BCUT2D eigenvalue weighted by atomic mass is 32.2. The number of thioether (sulfide) groups is 1. The number of nitrogens with one attached hydrogen (secondary N) is 1. The zero-order chi connectivity index (χ0) is 13.8. The van der Waals surface area contributed by atoms with Crippen molar-refractivity contribution in [1.29, 1.82) is 0 Å². The summed E-state index contributed by atoms with van der Waals surface area (Å²) < 4.78 is 19.1. The molecule has 0 amide bonds. The number of ether oxygens (including phenoxy) is 1. The van der Waals surface area contributed by atoms with Crippen LogP contribution < -0.4 is 5.32 Å². The fourth-order valence-electron chi connectivity index (χ4n) is 1.86. The number of benzene rings is 1. The Hall–Kier alpha value is -1.18. The molecular weight excluding hydrogens is 297 g/mol. The summed E-state index contributed by atoms with van der Waals surface area (Å²) in [5, 5.41) is 12.8. The van der Waals surface area contributed by atoms with E-state index in [4.69, 9.17) is 4.74 Å². The summed E-state index contributed by atoms with van der Waals surface area (Å²) in [6.07, 6.45) is 1.07. The van der Waals surface area contributed by atoms with Crippen LogP contribution in [0.15, 0.2) is 28.6 Å². The van der Waals surface area contributed by atoms with Crippen LogP contribution in [-0.2, 0) is 11.3 Å². The number of aromatic nitrogens is 2. The molecule has 1 fully saturated rings. The number of anilines is 1. The molecule has 1 atom stereocenters. The van der Waals surface area contributed by atoms with Crippen LogP contribution in [0.4, 0.5) is 9.52 Å². The number of halogens is 1. The zero-order valence-electron chi connectivity index (χ0n) is 10.7. The van der Waals surface area contributed by atoms with Crippen LogP contribution in [0.25, 0.3) is 0 Å². The summed E-state index contributed by atoms with van der Waals surface area (Å²) in [4.78, 5) is 0. The van der Waals surface area contributed by atoms with Gasteiger partial charge in [0.15, 0.2) is 4.34 Å². The van der Waals surface area contributed by atoms with E-state index < -0.39 is 0 Å². The van der Waals surface area contributed by atoms with Gasteiger partial charge in [0.05, 0.1) is 6.61 Å². The molecule has 0 bridgehead atoms. The van der Waals surface area contributed by atoms with Crippen molar-refractivity contribution in [3.8, 4) is 0 Å². The summed E-state index contributed by atoms with van der Waals surface area (Å²) in [6, 6.07) is 6.43. The van der Waals surface area contributed by atoms with Crippen molar-refractivity contribution in [2.75, 3.05) is 18.5 Å². The third kappa shape index (κ3) is 3.68. The molecule has 20 heavy (non-hydrogen) atoms. The first-order chi connectivity index (χ1) is 9.79. The van der Waals surface area contributed by atoms with Crippen molar-refractivity contribution in [3.63, 3.8) is 0 Å². The normalized spacial score (nSPS) is 18.4. The predicted molar refractivity (Wildman–Crippen MR) is 78.7 cm³/mol. The zero-order valence-corrected chi connectivity index (χ0v) is 12.3. The average molecular weight is 311 g/mol. The summed E-state index contributed by atoms with van der Waals surface area (Å²) in [6.45, 7) is 2.25. The number of rotatable bonds is 5. The summed E-state index contributed by atoms with van der Waals surface area (Å²) >= 11 is 3.27. The van der Waals surface area contributed by atoms with Gasteiger partial charge >= 0.3 is 0 Å². The van der Waals surface area contributed by atoms with Gasteiger partial charge < -0.3 is 10.1 Å². The van der Waals surface area contributed by atoms with Crippen LogP contribution in [0, 0.1) is 5.82 Å². The van der Waals surface area contributed by atoms with Gasteiger partial charge in [-0.15, -0.1) is 10.2 Å². The van der Waals surface area contributed by atoms with Crippen molar-refractivity contribution in [2.45, 2.75) is 22.6 Å². The molecule has 0 spiro atoms. The Kier molecular flexibility index (Phi) is 4.49. The second kappa shape index (κ2) is 6.51. The van der Waals surface area contributed by atoms with E-state index in [1.54, 1.807) is 35.2 Å². The lowest BCUT2D eigenvalue weighted by Gasteiger charge is -2.02. The maximum absolute atomic E-state index is 12.8. The summed E-state index contributed by atoms with van der Waals surface area (Å²) in [5.74, 6) is -0.220. The van der Waals surface area contributed by atoms with E-state index in [1.165, 1.54) is 12.1 Å². The van der Waals surface area contributed by atoms with E-state index in [2.05, 4.69) is 15.5 Å². The van der Waals surface area contributed by atoms with Crippen molar-refractivity contribution in [2.24, 2.45) is 0 Å². The second-order valence-corrected chi connectivity index (χ2v) is 6.98. The average Bonchev–Trinajstić information content (AvgIpc) is 3.11. The molecular formula is C13H14FN3OS2. The van der Waals surface area contributed by atoms with Gasteiger partial charge in [-0.05, 0) is 24.1 Å². The number of hydrogen-bond acceptors (Lipinski definition) is 6. The van der Waals surface area contributed by atoms with E-state index in [0.29, 0.717) is 11.8 Å². The highest BCUT2D eigenvalue weighted by Crippen LogP contribution is 2.32. The molecule has 2 heterocycles. The molecule has 0 saturated carbocycles. The van der Waals surface area contributed by atoms with E-state index in [1.807, 2.05) is 0 Å². The Balaban J connectivity index is 1.52. The minimum absolute atomic E-state index is 0.220. The second-order valence-electron chi connectivity index (χ2n) is 4.46. The van der Waals surface area contributed by atoms with Crippen LogP contribution in [0.3, 0.4) is 0 Å². The van der Waals surface area contributed by atoms with E-state index in [-0.39, 0.29) is 5.82 Å². The van der Waals surface area contributed by atoms with Gasteiger partial charge in [-0.1, -0.05) is 35.2 Å². The highest BCUT2D eigenvalue weighted by molar-refractivity contribution is 8.01. The first-order valence-electron chi connectivity index (χ1n) is 6.36. The van der Waals surface area contributed by atoms with E-state index in [0.717, 1.165) is 34.7 Å². The number of nitrogens with zero attached hydrogens (tertiary/aromatic N) is 2. The Bertz CT molecular complexity index is 555. The minimum atomic E-state index is -0.220. The van der Waals surface area contributed by atoms with Gasteiger partial charge in [0.1, 0.15) is 5.82 Å². The van der Waals surface area contributed by atoms with Gasteiger partial charge in [0.2, 0.25) is 5.13 Å². The standard InChI is InChI=1S/C13H14FN3OS2/c14-10-3-1-9(2-4-10)7-15-12-16-17-13(20-12)19-11-5-6-18-8-11/h1-4,11H,5-8H2,(H,15,16). The molecule has 0 radical (unpaired) electrons. The molecule has 1 unspecified atom stereocenters. The van der Waals surface area contributed by atoms with Crippen LogP contribution in [-0.4, -0.2) is 28.7 Å². The van der Waals surface area contributed by atoms with Crippen molar-refractivity contribution in [3.05, 3.63) is 35.6 Å². The lowest BCUT2D eigenvalue weighted by Crippen LogP contribution is -1.99. The fraction of sp³-hybridized carbons (Fsp3) is 0.385. The van der Waals surface area contributed by atoms with Gasteiger partial charge in [-0.3, -0.25) is 0 Å². The fourth-order valence-corrected chi connectivity index (χ4v) is 3.92. The Morgan fingerprint density at radius 3 is 2.95 bits per heavy atom. The topological polar surface area (TPSA) is 47.0 Å². The largest absolute Gasteiger partial charge is 0.380 e. The molecule has 1 aromatic carbocycles. The predicted octanol–water partition coefficient (Wildman–Crippen LogP) is 3.17. The van der Waals surface area contributed by atoms with E-state index >= 15 is 0 Å². The molecule has 7 heteroatoms. The van der Waals surface area contributed by atoms with Crippen molar-refractivity contribution in [1.82, 2.24) is 10.2 Å². The Morgan fingerprint density at radius 2 is 2.20 bits per heavy atom. The smallest absolute Gasteiger partial charge is 0.206 e. The summed E-state index contributed by atoms with van der Waals surface area (Å²) in [5.41, 5.74) is 1.01. The van der Waals surface area contributed by atoms with Crippen molar-refractivity contribution < 1.29 is 9.13 Å². The van der Waals surface area contributed by atoms with Gasteiger partial charge in [-0.25, -0.2) is 4.39 Å². The monoisotopic (exact) mass is 311 g/mol. The highest BCUT2D eigenvalue weighted by Gasteiger charge is 2.19. The maximum atomic E-state index is 12.8. The molecule has 2 aromatic rings. The van der Waals surface area contributed by atoms with E-state index in [9.17, 15) is 4.39 Å². The third-order valence-corrected chi connectivity index (χ3v) is 5.12. The molecule has 1 saturated heterocycles. The molecule has 106 valence electrons. The van der Waals surface area contributed by atoms with Crippen LogP contribution in [0.5, 0.6) is 0 Å². The van der Waals surface area contributed by atoms with Crippen LogP contribution in [0.2, 0.25) is 0 Å². The molecule has 1 aliphatic heterocycles. The molecule has 1 aliphatic rings. The summed E-state index contributed by atoms with van der Waals surface area (Å²) in [7, 11) is 0. The van der Waals surface area contributed by atoms with Gasteiger partial charge in [0, 0.05) is 18.4 Å². The van der Waals surface area contributed by atoms with Gasteiger partial charge in [-0.2, -0.15) is 0 Å². The van der Waals surface area contributed by atoms with Crippen LogP contribution in [0.1, 0.15) is 12.0 Å². The van der Waals surface area contributed by atoms with Crippen LogP contribution >= 0.6 is 23.1 Å². The molecule has 1 aromatic heterocycles. The molecule has 3 rings (SSSR count). The first-order valence-corrected chi connectivity index (χ1v) is 8.05. The Labute approximate surface area is 124 Å². The quantitative estimate of drug-likeness (QED) is 0.919. The van der Waals surface area contributed by atoms with Gasteiger partial charge in [0.25, 0.3) is 0 Å². The van der Waals surface area contributed by atoms with Crippen molar-refractivity contribution >= 4 is 28.2 Å². The molecule has 0 aliphatic carbocycles. The Morgan fingerprint density at radius 1 is 1.35 bits per heavy atom.